The van der Waals surface area contributed by atoms with Gasteiger partial charge in [0.25, 0.3) is 0 Å². The maximum atomic E-state index is 5.96. The highest BCUT2D eigenvalue weighted by molar-refractivity contribution is 5.90. The van der Waals surface area contributed by atoms with Crippen LogP contribution in [0.2, 0.25) is 0 Å². The second-order valence-electron chi connectivity index (χ2n) is 5.41. The zero-order chi connectivity index (χ0) is 12.7. The summed E-state index contributed by atoms with van der Waals surface area (Å²) in [4.78, 5) is 8.50. The summed E-state index contributed by atoms with van der Waals surface area (Å²) in [7, 11) is 0. The van der Waals surface area contributed by atoms with Gasteiger partial charge >= 0.3 is 0 Å². The quantitative estimate of drug-likeness (QED) is 0.899. The molecule has 18 heavy (non-hydrogen) atoms. The van der Waals surface area contributed by atoms with Gasteiger partial charge in [-0.25, -0.2) is 9.97 Å². The number of nitrogens with two attached hydrogens (primary N) is 1. The van der Waals surface area contributed by atoms with Crippen molar-refractivity contribution in [2.24, 2.45) is 5.92 Å². The van der Waals surface area contributed by atoms with Gasteiger partial charge < -0.3 is 10.3 Å². The first-order valence-electron chi connectivity index (χ1n) is 6.74. The Morgan fingerprint density at radius 2 is 2.11 bits per heavy atom. The molecular weight excluding hydrogens is 224 g/mol. The molecular formula is C14H20N4. The Balaban J connectivity index is 1.94. The van der Waals surface area contributed by atoms with Gasteiger partial charge in [-0.1, -0.05) is 12.8 Å². The van der Waals surface area contributed by atoms with E-state index in [-0.39, 0.29) is 0 Å². The topological polar surface area (TPSA) is 56.7 Å². The van der Waals surface area contributed by atoms with Crippen LogP contribution in [0.1, 0.15) is 36.9 Å². The molecule has 0 atom stereocenters. The number of aromatic nitrogens is 3. The third kappa shape index (κ3) is 1.85. The van der Waals surface area contributed by atoms with Crippen LogP contribution in [0, 0.1) is 19.8 Å². The molecule has 96 valence electrons. The van der Waals surface area contributed by atoms with Gasteiger partial charge in [-0.05, 0) is 38.2 Å². The van der Waals surface area contributed by atoms with E-state index in [1.165, 1.54) is 36.9 Å². The summed E-state index contributed by atoms with van der Waals surface area (Å²) in [6.07, 6.45) is 7.00. The Morgan fingerprint density at radius 1 is 1.33 bits per heavy atom. The van der Waals surface area contributed by atoms with Gasteiger partial charge in [-0.3, -0.25) is 0 Å². The van der Waals surface area contributed by atoms with E-state index in [0.29, 0.717) is 5.82 Å². The molecule has 0 radical (unpaired) electrons. The van der Waals surface area contributed by atoms with E-state index >= 15 is 0 Å². The lowest BCUT2D eigenvalue weighted by atomic mass is 10.2. The number of nitrogen functional groups attached to an aromatic ring is 1. The molecule has 3 rings (SSSR count). The fourth-order valence-corrected chi connectivity index (χ4v) is 2.71. The Morgan fingerprint density at radius 3 is 2.83 bits per heavy atom. The van der Waals surface area contributed by atoms with Gasteiger partial charge in [0.1, 0.15) is 17.8 Å². The summed E-state index contributed by atoms with van der Waals surface area (Å²) >= 11 is 0. The van der Waals surface area contributed by atoms with Crippen molar-refractivity contribution in [3.8, 4) is 0 Å². The van der Waals surface area contributed by atoms with Crippen LogP contribution in [-0.4, -0.2) is 14.5 Å². The number of fused-ring (bicyclic) bond motifs is 1. The fraction of sp³-hybridized carbons (Fsp3) is 0.571. The van der Waals surface area contributed by atoms with Crippen molar-refractivity contribution >= 4 is 16.9 Å². The highest BCUT2D eigenvalue weighted by atomic mass is 15.1. The molecule has 2 aromatic rings. The largest absolute Gasteiger partial charge is 0.383 e. The van der Waals surface area contributed by atoms with Crippen molar-refractivity contribution in [3.63, 3.8) is 0 Å². The maximum Gasteiger partial charge on any atom is 0.145 e. The lowest BCUT2D eigenvalue weighted by Gasteiger charge is -2.07. The predicted octanol–water partition coefficient (Wildman–Crippen LogP) is 2.82. The summed E-state index contributed by atoms with van der Waals surface area (Å²) in [5.74, 6) is 1.59. The summed E-state index contributed by atoms with van der Waals surface area (Å²) in [5, 5.41) is 1.03. The van der Waals surface area contributed by atoms with Crippen LogP contribution in [0.15, 0.2) is 6.33 Å². The van der Waals surface area contributed by atoms with Crippen molar-refractivity contribution in [1.29, 1.82) is 0 Å². The molecule has 0 saturated heterocycles. The second kappa shape index (κ2) is 4.26. The number of aryl methyl sites for hydroxylation is 2. The minimum absolute atomic E-state index is 0.599. The molecule has 0 spiro atoms. The minimum Gasteiger partial charge on any atom is -0.383 e. The third-order valence-electron chi connectivity index (χ3n) is 4.13. The average molecular weight is 244 g/mol. The van der Waals surface area contributed by atoms with Crippen LogP contribution in [-0.2, 0) is 6.54 Å². The van der Waals surface area contributed by atoms with Crippen LogP contribution in [0.5, 0.6) is 0 Å². The van der Waals surface area contributed by atoms with Crippen LogP contribution in [0.3, 0.4) is 0 Å². The molecule has 1 aliphatic rings. The zero-order valence-electron chi connectivity index (χ0n) is 11.1. The normalized spacial score (nSPS) is 15.4. The van der Waals surface area contributed by atoms with Crippen molar-refractivity contribution in [2.75, 3.05) is 5.73 Å². The van der Waals surface area contributed by atoms with Crippen molar-refractivity contribution in [1.82, 2.24) is 14.5 Å². The summed E-state index contributed by atoms with van der Waals surface area (Å²) in [5.41, 5.74) is 9.44. The molecule has 1 fully saturated rings. The van der Waals surface area contributed by atoms with Crippen molar-refractivity contribution < 1.29 is 0 Å². The number of nitrogens with zero attached hydrogens (tertiary/aromatic N) is 3. The molecule has 4 heteroatoms. The zero-order valence-corrected chi connectivity index (χ0v) is 11.1. The van der Waals surface area contributed by atoms with E-state index in [1.54, 1.807) is 6.33 Å². The molecule has 2 N–H and O–H groups in total. The Labute approximate surface area is 107 Å². The van der Waals surface area contributed by atoms with Crippen molar-refractivity contribution in [2.45, 2.75) is 46.1 Å². The predicted molar refractivity (Wildman–Crippen MR) is 73.4 cm³/mol. The molecule has 0 unspecified atom stereocenters. The molecule has 1 aliphatic carbocycles. The number of rotatable bonds is 4. The molecule has 4 nitrogen and oxygen atoms in total. The van der Waals surface area contributed by atoms with E-state index < -0.39 is 0 Å². The van der Waals surface area contributed by atoms with E-state index in [2.05, 4.69) is 28.4 Å². The lowest BCUT2D eigenvalue weighted by Crippen LogP contribution is -2.02. The highest BCUT2D eigenvalue weighted by Crippen LogP contribution is 2.34. The summed E-state index contributed by atoms with van der Waals surface area (Å²) in [6, 6.07) is 0. The van der Waals surface area contributed by atoms with E-state index in [1.807, 2.05) is 0 Å². The van der Waals surface area contributed by atoms with Gasteiger partial charge in [0.05, 0.1) is 5.39 Å². The monoisotopic (exact) mass is 244 g/mol. The Hall–Kier alpha value is -1.58. The average Bonchev–Trinajstić information content (AvgIpc) is 3.13. The molecule has 0 aliphatic heterocycles. The SMILES string of the molecule is Cc1c(C)n(CCCC2CC2)c2ncnc(N)c12. The summed E-state index contributed by atoms with van der Waals surface area (Å²) in [6.45, 7) is 5.30. The van der Waals surface area contributed by atoms with Crippen LogP contribution in [0.25, 0.3) is 11.0 Å². The fourth-order valence-electron chi connectivity index (χ4n) is 2.71. The van der Waals surface area contributed by atoms with Crippen LogP contribution < -0.4 is 5.73 Å². The Kier molecular flexibility index (Phi) is 2.73. The van der Waals surface area contributed by atoms with Gasteiger partial charge in [0.2, 0.25) is 0 Å². The molecule has 0 bridgehead atoms. The molecule has 1 saturated carbocycles. The first-order chi connectivity index (χ1) is 8.68. The van der Waals surface area contributed by atoms with E-state index in [9.17, 15) is 0 Å². The first-order valence-corrected chi connectivity index (χ1v) is 6.74. The smallest absolute Gasteiger partial charge is 0.145 e. The number of anilines is 1. The summed E-state index contributed by atoms with van der Waals surface area (Å²) < 4.78 is 2.30. The van der Waals surface area contributed by atoms with E-state index in [0.717, 1.165) is 23.5 Å². The van der Waals surface area contributed by atoms with Gasteiger partial charge in [0, 0.05) is 12.2 Å². The number of hydrogen-bond acceptors (Lipinski definition) is 3. The third-order valence-corrected chi connectivity index (χ3v) is 4.13. The van der Waals surface area contributed by atoms with Crippen molar-refractivity contribution in [3.05, 3.63) is 17.6 Å². The van der Waals surface area contributed by atoms with Crippen LogP contribution in [0.4, 0.5) is 5.82 Å². The maximum absolute atomic E-state index is 5.96. The highest BCUT2D eigenvalue weighted by Gasteiger charge is 2.21. The molecule has 0 aromatic carbocycles. The molecule has 0 amide bonds. The van der Waals surface area contributed by atoms with E-state index in [4.69, 9.17) is 5.73 Å². The van der Waals surface area contributed by atoms with Gasteiger partial charge in [-0.15, -0.1) is 0 Å². The standard InChI is InChI=1S/C14H20N4/c1-9-10(2)18(7-3-4-11-5-6-11)14-12(9)13(15)16-8-17-14/h8,11H,3-7H2,1-2H3,(H2,15,16,17). The minimum atomic E-state index is 0.599. The Bertz CT molecular complexity index is 581. The first kappa shape index (κ1) is 11.5. The molecule has 2 aromatic heterocycles. The second-order valence-corrected chi connectivity index (χ2v) is 5.41. The lowest BCUT2D eigenvalue weighted by molar-refractivity contribution is 0.578. The molecule has 2 heterocycles. The van der Waals surface area contributed by atoms with Crippen LogP contribution >= 0.6 is 0 Å². The van der Waals surface area contributed by atoms with Gasteiger partial charge in [-0.2, -0.15) is 0 Å². The van der Waals surface area contributed by atoms with Gasteiger partial charge in [0.15, 0.2) is 0 Å². The number of hydrogen-bond donors (Lipinski definition) is 1.